The van der Waals surface area contributed by atoms with Crippen LogP contribution in [0.4, 0.5) is 0 Å². The molecule has 0 saturated carbocycles. The van der Waals surface area contributed by atoms with E-state index in [1.165, 1.54) is 0 Å². The van der Waals surface area contributed by atoms with E-state index in [0.717, 1.165) is 27.3 Å². The number of rotatable bonds is 1. The molecule has 0 aliphatic heterocycles. The minimum absolute atomic E-state index is 0.272. The van der Waals surface area contributed by atoms with E-state index in [1.54, 1.807) is 0 Å². The first-order valence-electron chi connectivity index (χ1n) is 5.47. The molecule has 0 aliphatic carbocycles. The molecule has 0 aliphatic rings. The van der Waals surface area contributed by atoms with E-state index in [4.69, 9.17) is 4.42 Å². The van der Waals surface area contributed by atoms with Crippen LogP contribution < -0.4 is 0 Å². The highest BCUT2D eigenvalue weighted by Crippen LogP contribution is 2.37. The molecule has 0 bridgehead atoms. The first-order valence-corrected chi connectivity index (χ1v) is 6.73. The lowest BCUT2D eigenvalue weighted by molar-refractivity contribution is 0.506. The van der Waals surface area contributed by atoms with Crippen molar-refractivity contribution in [2.75, 3.05) is 0 Å². The molecule has 16 heavy (non-hydrogen) atoms. The second-order valence-corrected chi connectivity index (χ2v) is 6.21. The Labute approximate surface area is 96.0 Å². The summed E-state index contributed by atoms with van der Waals surface area (Å²) in [6.45, 7) is 8.02. The van der Waals surface area contributed by atoms with Crippen molar-refractivity contribution >= 4 is 18.1 Å². The van der Waals surface area contributed by atoms with Crippen molar-refractivity contribution in [3.05, 3.63) is 34.8 Å². The van der Waals surface area contributed by atoms with Crippen molar-refractivity contribution in [1.82, 2.24) is 0 Å². The van der Waals surface area contributed by atoms with Crippen molar-refractivity contribution in [1.29, 1.82) is 0 Å². The fourth-order valence-corrected chi connectivity index (χ4v) is 3.39. The highest BCUT2D eigenvalue weighted by Gasteiger charge is 2.22. The van der Waals surface area contributed by atoms with E-state index in [2.05, 4.69) is 13.8 Å². The second-order valence-electron chi connectivity index (χ2n) is 4.47. The average Bonchev–Trinajstić information content (AvgIpc) is 2.23. The van der Waals surface area contributed by atoms with E-state index in [1.807, 2.05) is 32.0 Å². The molecule has 3 heteroatoms. The topological polar surface area (TPSA) is 30.2 Å². The predicted molar refractivity (Wildman–Crippen MR) is 67.4 cm³/mol. The molecule has 1 atom stereocenters. The summed E-state index contributed by atoms with van der Waals surface area (Å²) in [7, 11) is -1.45. The lowest BCUT2D eigenvalue weighted by atomic mass is 10.1. The summed E-state index contributed by atoms with van der Waals surface area (Å²) < 4.78 is 18.1. The highest BCUT2D eigenvalue weighted by atomic mass is 31.1. The molecule has 2 aromatic rings. The molecule has 1 unspecified atom stereocenters. The van der Waals surface area contributed by atoms with E-state index < -0.39 is 7.41 Å². The standard InChI is InChI=1S/C13H16O2P/c1-8(2)13-10(4)16(14)12-7-9(3)5-6-11(12)15-13/h5-8H,1-4H3/q+1. The largest absolute Gasteiger partial charge is 0.452 e. The van der Waals surface area contributed by atoms with E-state index in [0.29, 0.717) is 0 Å². The zero-order valence-electron chi connectivity index (χ0n) is 10.1. The zero-order valence-corrected chi connectivity index (χ0v) is 11.0. The minimum Gasteiger partial charge on any atom is -0.452 e. The van der Waals surface area contributed by atoms with Gasteiger partial charge >= 0.3 is 7.41 Å². The van der Waals surface area contributed by atoms with Crippen LogP contribution >= 0.6 is 7.41 Å². The number of fused-ring (bicyclic) bond motifs is 1. The van der Waals surface area contributed by atoms with Crippen LogP contribution in [0.5, 0.6) is 0 Å². The SMILES string of the molecule is Cc1ccc2oc(C(C)C)c(C)[p+](=O)c2c1. The third-order valence-corrected chi connectivity index (χ3v) is 4.36. The van der Waals surface area contributed by atoms with Gasteiger partial charge in [-0.2, -0.15) is 0 Å². The number of benzene rings is 1. The van der Waals surface area contributed by atoms with Crippen LogP contribution in [0.15, 0.2) is 22.6 Å². The predicted octanol–water partition coefficient (Wildman–Crippen LogP) is 4.92. The normalized spacial score (nSPS) is 12.4. The third kappa shape index (κ3) is 1.78. The number of hydrogen-bond donors (Lipinski definition) is 0. The summed E-state index contributed by atoms with van der Waals surface area (Å²) in [6, 6.07) is 5.85. The molecule has 2 nitrogen and oxygen atoms in total. The first kappa shape index (κ1) is 11.3. The summed E-state index contributed by atoms with van der Waals surface area (Å²) in [5, 5.41) is 1.71. The fourth-order valence-electron chi connectivity index (χ4n) is 1.88. The molecule has 84 valence electrons. The Hall–Kier alpha value is -1.14. The Kier molecular flexibility index (Phi) is 2.86. The first-order chi connectivity index (χ1) is 7.50. The summed E-state index contributed by atoms with van der Waals surface area (Å²) >= 11 is 0. The maximum absolute atomic E-state index is 12.3. The van der Waals surface area contributed by atoms with Crippen LogP contribution in [0.1, 0.15) is 36.4 Å². The van der Waals surface area contributed by atoms with Gasteiger partial charge in [0.1, 0.15) is 0 Å². The van der Waals surface area contributed by atoms with E-state index in [-0.39, 0.29) is 5.92 Å². The Bertz CT molecular complexity index is 597. The van der Waals surface area contributed by atoms with Gasteiger partial charge in [0, 0.05) is 12.8 Å². The van der Waals surface area contributed by atoms with Crippen molar-refractivity contribution in [3.8, 4) is 0 Å². The van der Waals surface area contributed by atoms with Crippen molar-refractivity contribution in [3.63, 3.8) is 0 Å². The molecular weight excluding hydrogens is 219 g/mol. The Morgan fingerprint density at radius 2 is 1.94 bits per heavy atom. The zero-order chi connectivity index (χ0) is 11.9. The average molecular weight is 235 g/mol. The maximum atomic E-state index is 12.3. The quantitative estimate of drug-likeness (QED) is 0.702. The number of aryl methyl sites for hydroxylation is 1. The van der Waals surface area contributed by atoms with Gasteiger partial charge in [-0.05, 0) is 24.6 Å². The Balaban J connectivity index is 2.88. The van der Waals surface area contributed by atoms with Gasteiger partial charge in [-0.25, -0.2) is 0 Å². The molecular formula is C13H16O2P+. The van der Waals surface area contributed by atoms with E-state index in [9.17, 15) is 4.57 Å². The molecule has 1 aromatic carbocycles. The van der Waals surface area contributed by atoms with Gasteiger partial charge in [-0.3, -0.25) is 0 Å². The lowest BCUT2D eigenvalue weighted by Crippen LogP contribution is -1.90. The van der Waals surface area contributed by atoms with Gasteiger partial charge < -0.3 is 4.42 Å². The molecule has 2 rings (SSSR count). The Morgan fingerprint density at radius 1 is 1.25 bits per heavy atom. The van der Waals surface area contributed by atoms with Gasteiger partial charge in [-0.1, -0.05) is 24.5 Å². The lowest BCUT2D eigenvalue weighted by Gasteiger charge is -2.04. The molecule has 0 radical (unpaired) electrons. The monoisotopic (exact) mass is 235 g/mol. The highest BCUT2D eigenvalue weighted by molar-refractivity contribution is 7.43. The van der Waals surface area contributed by atoms with Crippen molar-refractivity contribution in [2.24, 2.45) is 0 Å². The summed E-state index contributed by atoms with van der Waals surface area (Å²) in [6.07, 6.45) is 0. The van der Waals surface area contributed by atoms with Gasteiger partial charge in [0.2, 0.25) is 10.4 Å². The molecule has 1 heterocycles. The van der Waals surface area contributed by atoms with Gasteiger partial charge in [0.15, 0.2) is 11.3 Å². The third-order valence-electron chi connectivity index (χ3n) is 2.74. The van der Waals surface area contributed by atoms with Crippen LogP contribution in [0.25, 0.3) is 10.7 Å². The fraction of sp³-hybridized carbons (Fsp3) is 0.385. The van der Waals surface area contributed by atoms with Gasteiger partial charge in [0.05, 0.1) is 0 Å². The smallest absolute Gasteiger partial charge is 0.418 e. The van der Waals surface area contributed by atoms with Crippen LogP contribution in [-0.4, -0.2) is 0 Å². The van der Waals surface area contributed by atoms with E-state index >= 15 is 0 Å². The molecule has 0 N–H and O–H groups in total. The van der Waals surface area contributed by atoms with Crippen LogP contribution in [0.3, 0.4) is 0 Å². The molecule has 0 spiro atoms. The molecule has 0 saturated heterocycles. The minimum atomic E-state index is -1.45. The van der Waals surface area contributed by atoms with Crippen LogP contribution in [-0.2, 0) is 4.57 Å². The van der Waals surface area contributed by atoms with Crippen LogP contribution in [0.2, 0.25) is 0 Å². The second kappa shape index (κ2) is 4.03. The summed E-state index contributed by atoms with van der Waals surface area (Å²) in [5.41, 5.74) is 1.87. The van der Waals surface area contributed by atoms with Crippen molar-refractivity contribution in [2.45, 2.75) is 33.6 Å². The van der Waals surface area contributed by atoms with Crippen LogP contribution in [0, 0.1) is 13.8 Å². The molecule has 1 aromatic heterocycles. The van der Waals surface area contributed by atoms with Gasteiger partial charge in [-0.15, -0.1) is 0 Å². The molecule has 0 amide bonds. The Morgan fingerprint density at radius 3 is 2.56 bits per heavy atom. The summed E-state index contributed by atoms with van der Waals surface area (Å²) in [5.74, 6) is 1.13. The van der Waals surface area contributed by atoms with Crippen molar-refractivity contribution < 1.29 is 8.98 Å². The number of hydrogen-bond acceptors (Lipinski definition) is 2. The molecule has 0 fully saturated rings. The summed E-state index contributed by atoms with van der Waals surface area (Å²) in [4.78, 5) is 0. The maximum Gasteiger partial charge on any atom is 0.418 e. The van der Waals surface area contributed by atoms with Gasteiger partial charge in [0.25, 0.3) is 0 Å².